The summed E-state index contributed by atoms with van der Waals surface area (Å²) in [5.74, 6) is 0.141. The van der Waals surface area contributed by atoms with Gasteiger partial charge in [0.15, 0.2) is 0 Å². The largest absolute Gasteiger partial charge is 0.300 e. The first-order valence-corrected chi connectivity index (χ1v) is 7.37. The minimum Gasteiger partial charge on any atom is -0.300 e. The predicted molar refractivity (Wildman–Crippen MR) is 90.8 cm³/mol. The second kappa shape index (κ2) is 5.72. The fraction of sp³-hybridized carbons (Fsp3) is 0.150. The summed E-state index contributed by atoms with van der Waals surface area (Å²) in [5.41, 5.74) is 5.92. The molecule has 0 N–H and O–H groups in total. The number of pyridine rings is 1. The maximum atomic E-state index is 11.5. The fourth-order valence-corrected chi connectivity index (χ4v) is 2.80. The standard InChI is InChI=1S/C20H18NO/c1-13(22)12-17-10-7-11-18-14(2)15(3)19(21-20(17)18)16-8-5-4-6-9-16/h4-11H,2,12H2,1,3H3. The van der Waals surface area contributed by atoms with E-state index in [1.165, 1.54) is 0 Å². The van der Waals surface area contributed by atoms with Gasteiger partial charge >= 0.3 is 0 Å². The average Bonchev–Trinajstić information content (AvgIpc) is 2.51. The molecule has 22 heavy (non-hydrogen) atoms. The van der Waals surface area contributed by atoms with Crippen molar-refractivity contribution in [2.75, 3.05) is 0 Å². The number of benzene rings is 2. The Morgan fingerprint density at radius 2 is 1.82 bits per heavy atom. The molecule has 0 atom stereocenters. The first-order chi connectivity index (χ1) is 10.6. The van der Waals surface area contributed by atoms with Crippen molar-refractivity contribution in [2.24, 2.45) is 0 Å². The maximum Gasteiger partial charge on any atom is 0.134 e. The molecule has 0 aliphatic heterocycles. The number of para-hydroxylation sites is 1. The minimum atomic E-state index is 0.141. The summed E-state index contributed by atoms with van der Waals surface area (Å²) in [5, 5.41) is 1.02. The number of carbonyl (C=O) groups is 1. The highest BCUT2D eigenvalue weighted by atomic mass is 16.1. The van der Waals surface area contributed by atoms with Crippen molar-refractivity contribution in [1.82, 2.24) is 4.98 Å². The van der Waals surface area contributed by atoms with Crippen LogP contribution in [0.3, 0.4) is 0 Å². The van der Waals surface area contributed by atoms with Crippen molar-refractivity contribution in [3.63, 3.8) is 0 Å². The molecule has 3 aromatic rings. The Labute approximate surface area is 130 Å². The minimum absolute atomic E-state index is 0.141. The zero-order chi connectivity index (χ0) is 15.7. The molecule has 0 amide bonds. The Morgan fingerprint density at radius 1 is 1.09 bits per heavy atom. The number of nitrogens with zero attached hydrogens (tertiary/aromatic N) is 1. The van der Waals surface area contributed by atoms with Crippen LogP contribution in [0.2, 0.25) is 0 Å². The second-order valence-corrected chi connectivity index (χ2v) is 5.62. The van der Waals surface area contributed by atoms with Gasteiger partial charge in [-0.3, -0.25) is 4.79 Å². The number of hydrogen-bond donors (Lipinski definition) is 0. The monoisotopic (exact) mass is 288 g/mol. The van der Waals surface area contributed by atoms with Gasteiger partial charge in [0.2, 0.25) is 0 Å². The van der Waals surface area contributed by atoms with E-state index >= 15 is 0 Å². The lowest BCUT2D eigenvalue weighted by Crippen LogP contribution is -2.01. The van der Waals surface area contributed by atoms with Crippen LogP contribution in [0.4, 0.5) is 0 Å². The van der Waals surface area contributed by atoms with Crippen LogP contribution in [0.5, 0.6) is 0 Å². The molecule has 2 nitrogen and oxygen atoms in total. The SMILES string of the molecule is [CH2]c1c(C)c(-c2ccccc2)nc2c(CC(C)=O)cccc12. The summed E-state index contributed by atoms with van der Waals surface area (Å²) in [6, 6.07) is 16.1. The van der Waals surface area contributed by atoms with E-state index in [0.29, 0.717) is 6.42 Å². The highest BCUT2D eigenvalue weighted by Gasteiger charge is 2.13. The van der Waals surface area contributed by atoms with Crippen LogP contribution in [-0.4, -0.2) is 10.8 Å². The molecular formula is C20H18NO. The molecular weight excluding hydrogens is 270 g/mol. The van der Waals surface area contributed by atoms with E-state index in [1.54, 1.807) is 6.92 Å². The van der Waals surface area contributed by atoms with E-state index in [2.05, 4.69) is 13.8 Å². The van der Waals surface area contributed by atoms with Gasteiger partial charge in [-0.15, -0.1) is 0 Å². The quantitative estimate of drug-likeness (QED) is 0.709. The first kappa shape index (κ1) is 14.5. The molecule has 0 aliphatic rings. The van der Waals surface area contributed by atoms with Crippen LogP contribution in [0.1, 0.15) is 23.6 Å². The van der Waals surface area contributed by atoms with Gasteiger partial charge in [0.1, 0.15) is 5.78 Å². The number of rotatable bonds is 3. The van der Waals surface area contributed by atoms with Crippen molar-refractivity contribution < 1.29 is 4.79 Å². The lowest BCUT2D eigenvalue weighted by atomic mass is 9.96. The molecule has 1 radical (unpaired) electrons. The Balaban J connectivity index is 2.31. The van der Waals surface area contributed by atoms with Crippen LogP contribution < -0.4 is 0 Å². The highest BCUT2D eigenvalue weighted by molar-refractivity contribution is 5.92. The number of fused-ring (bicyclic) bond motifs is 1. The van der Waals surface area contributed by atoms with Gasteiger partial charge < -0.3 is 0 Å². The highest BCUT2D eigenvalue weighted by Crippen LogP contribution is 2.30. The van der Waals surface area contributed by atoms with Crippen LogP contribution in [0, 0.1) is 13.8 Å². The summed E-state index contributed by atoms with van der Waals surface area (Å²) in [4.78, 5) is 16.4. The normalized spacial score (nSPS) is 10.9. The van der Waals surface area contributed by atoms with Gasteiger partial charge in [0, 0.05) is 17.4 Å². The molecule has 0 bridgehead atoms. The molecule has 0 saturated heterocycles. The molecule has 2 heteroatoms. The fourth-order valence-electron chi connectivity index (χ4n) is 2.80. The first-order valence-electron chi connectivity index (χ1n) is 7.37. The van der Waals surface area contributed by atoms with Crippen LogP contribution >= 0.6 is 0 Å². The molecule has 0 aliphatic carbocycles. The molecule has 1 heterocycles. The molecule has 0 unspecified atom stereocenters. The van der Waals surface area contributed by atoms with Crippen LogP contribution in [0.25, 0.3) is 22.2 Å². The number of carbonyl (C=O) groups excluding carboxylic acids is 1. The summed E-state index contributed by atoms with van der Waals surface area (Å²) in [6.07, 6.45) is 0.404. The second-order valence-electron chi connectivity index (χ2n) is 5.62. The van der Waals surface area contributed by atoms with Crippen LogP contribution in [0.15, 0.2) is 48.5 Å². The van der Waals surface area contributed by atoms with E-state index in [1.807, 2.05) is 48.5 Å². The van der Waals surface area contributed by atoms with Gasteiger partial charge in [-0.2, -0.15) is 0 Å². The van der Waals surface area contributed by atoms with E-state index in [-0.39, 0.29) is 5.78 Å². The summed E-state index contributed by atoms with van der Waals surface area (Å²) >= 11 is 0. The molecule has 0 saturated carbocycles. The third-order valence-electron chi connectivity index (χ3n) is 3.96. The zero-order valence-corrected chi connectivity index (χ0v) is 12.9. The van der Waals surface area contributed by atoms with Gasteiger partial charge in [0.25, 0.3) is 0 Å². The number of aromatic nitrogens is 1. The maximum absolute atomic E-state index is 11.5. The molecule has 3 rings (SSSR count). The Bertz CT molecular complexity index is 850. The number of Topliss-reactive ketones (excluding diaryl/α,β-unsaturated/α-hetero) is 1. The lowest BCUT2D eigenvalue weighted by Gasteiger charge is -2.14. The zero-order valence-electron chi connectivity index (χ0n) is 12.9. The molecule has 1 aromatic heterocycles. The van der Waals surface area contributed by atoms with Crippen molar-refractivity contribution in [1.29, 1.82) is 0 Å². The summed E-state index contributed by atoms with van der Waals surface area (Å²) in [7, 11) is 0. The smallest absolute Gasteiger partial charge is 0.134 e. The van der Waals surface area contributed by atoms with Gasteiger partial charge in [0.05, 0.1) is 11.2 Å². The predicted octanol–water partition coefficient (Wildman–Crippen LogP) is 4.52. The Hall–Kier alpha value is -2.48. The molecule has 0 fully saturated rings. The molecule has 0 spiro atoms. The topological polar surface area (TPSA) is 30.0 Å². The lowest BCUT2D eigenvalue weighted by molar-refractivity contribution is -0.116. The van der Waals surface area contributed by atoms with Gasteiger partial charge in [-0.25, -0.2) is 4.98 Å². The third kappa shape index (κ3) is 2.52. The van der Waals surface area contributed by atoms with Crippen molar-refractivity contribution >= 4 is 16.7 Å². The van der Waals surface area contributed by atoms with Crippen molar-refractivity contribution in [3.05, 3.63) is 72.1 Å². The average molecular weight is 288 g/mol. The Kier molecular flexibility index (Phi) is 3.76. The van der Waals surface area contributed by atoms with E-state index in [9.17, 15) is 4.79 Å². The van der Waals surface area contributed by atoms with E-state index in [4.69, 9.17) is 4.98 Å². The summed E-state index contributed by atoms with van der Waals surface area (Å²) < 4.78 is 0. The molecule has 109 valence electrons. The molecule has 2 aromatic carbocycles. The van der Waals surface area contributed by atoms with Crippen molar-refractivity contribution in [3.8, 4) is 11.3 Å². The van der Waals surface area contributed by atoms with Gasteiger partial charge in [-0.05, 0) is 37.5 Å². The van der Waals surface area contributed by atoms with Crippen molar-refractivity contribution in [2.45, 2.75) is 20.3 Å². The number of hydrogen-bond acceptors (Lipinski definition) is 2. The third-order valence-corrected chi connectivity index (χ3v) is 3.96. The Morgan fingerprint density at radius 3 is 2.50 bits per heavy atom. The van der Waals surface area contributed by atoms with Crippen LogP contribution in [-0.2, 0) is 11.2 Å². The van der Waals surface area contributed by atoms with E-state index in [0.717, 1.165) is 38.9 Å². The number of ketones is 1. The summed E-state index contributed by atoms with van der Waals surface area (Å²) in [6.45, 7) is 7.89. The van der Waals surface area contributed by atoms with Gasteiger partial charge in [-0.1, -0.05) is 48.5 Å². The van der Waals surface area contributed by atoms with E-state index < -0.39 is 0 Å².